The second-order valence-electron chi connectivity index (χ2n) is 4.95. The van der Waals surface area contributed by atoms with Gasteiger partial charge in [-0.05, 0) is 26.4 Å². The Morgan fingerprint density at radius 1 is 1.56 bits per heavy atom. The van der Waals surface area contributed by atoms with Gasteiger partial charge in [0.15, 0.2) is 5.13 Å². The molecule has 1 aromatic heterocycles. The van der Waals surface area contributed by atoms with E-state index in [1.165, 1.54) is 6.42 Å². The first kappa shape index (κ1) is 13.8. The molecule has 0 radical (unpaired) electrons. The smallest absolute Gasteiger partial charge is 0.185 e. The van der Waals surface area contributed by atoms with Gasteiger partial charge in [-0.1, -0.05) is 13.8 Å². The number of nitrogens with two attached hydrogens (primary N) is 1. The van der Waals surface area contributed by atoms with Gasteiger partial charge in [0.25, 0.3) is 0 Å². The fraction of sp³-hybridized carbons (Fsp3) is 0.769. The second kappa shape index (κ2) is 5.99. The van der Waals surface area contributed by atoms with Crippen LogP contribution in [0.2, 0.25) is 0 Å². The Kier molecular flexibility index (Phi) is 4.59. The quantitative estimate of drug-likeness (QED) is 0.888. The molecule has 0 aliphatic carbocycles. The molecule has 102 valence electrons. The van der Waals surface area contributed by atoms with Gasteiger partial charge in [-0.3, -0.25) is 4.90 Å². The third kappa shape index (κ3) is 2.84. The van der Waals surface area contributed by atoms with Gasteiger partial charge in [0.1, 0.15) is 0 Å². The molecular weight excluding hydrogens is 244 g/mol. The van der Waals surface area contributed by atoms with Crippen LogP contribution in [0.5, 0.6) is 0 Å². The molecule has 2 rings (SSSR count). The number of likely N-dealkylation sites (N-methyl/N-ethyl adjacent to an activating group) is 1. The summed E-state index contributed by atoms with van der Waals surface area (Å²) in [4.78, 5) is 9.58. The minimum atomic E-state index is 0.0381. The standard InChI is InChI=1S/C13H24N4S/c1-4-16(5-2)11-6-7-17(8-11)13-15-12(9-18-13)10(3)14/h9-11H,4-8,14H2,1-3H3. The van der Waals surface area contributed by atoms with Crippen molar-refractivity contribution in [3.05, 3.63) is 11.1 Å². The number of anilines is 1. The summed E-state index contributed by atoms with van der Waals surface area (Å²) in [6.45, 7) is 11.0. The van der Waals surface area contributed by atoms with Crippen molar-refractivity contribution in [2.75, 3.05) is 31.1 Å². The minimum Gasteiger partial charge on any atom is -0.346 e. The first-order valence-electron chi connectivity index (χ1n) is 6.85. The lowest BCUT2D eigenvalue weighted by Crippen LogP contribution is -2.37. The number of nitrogens with zero attached hydrogens (tertiary/aromatic N) is 3. The van der Waals surface area contributed by atoms with Crippen LogP contribution < -0.4 is 10.6 Å². The van der Waals surface area contributed by atoms with Gasteiger partial charge in [0.2, 0.25) is 0 Å². The van der Waals surface area contributed by atoms with Crippen LogP contribution in [0, 0.1) is 0 Å². The van der Waals surface area contributed by atoms with E-state index in [0.29, 0.717) is 6.04 Å². The molecular formula is C13H24N4S. The number of hydrogen-bond acceptors (Lipinski definition) is 5. The number of rotatable bonds is 5. The average molecular weight is 268 g/mol. The Morgan fingerprint density at radius 2 is 2.28 bits per heavy atom. The number of thiazole rings is 1. The Hall–Kier alpha value is -0.650. The SMILES string of the molecule is CCN(CC)C1CCN(c2nc(C(C)N)cs2)C1. The van der Waals surface area contributed by atoms with Gasteiger partial charge in [-0.2, -0.15) is 0 Å². The number of hydrogen-bond donors (Lipinski definition) is 1. The summed E-state index contributed by atoms with van der Waals surface area (Å²) in [6, 6.07) is 0.721. The number of aromatic nitrogens is 1. The highest BCUT2D eigenvalue weighted by atomic mass is 32.1. The molecule has 0 aromatic carbocycles. The van der Waals surface area contributed by atoms with E-state index in [9.17, 15) is 0 Å². The molecule has 0 bridgehead atoms. The van der Waals surface area contributed by atoms with E-state index >= 15 is 0 Å². The molecule has 2 unspecified atom stereocenters. The summed E-state index contributed by atoms with van der Waals surface area (Å²) in [5.74, 6) is 0. The van der Waals surface area contributed by atoms with Crippen LogP contribution in [-0.4, -0.2) is 42.1 Å². The Bertz CT molecular complexity index is 373. The van der Waals surface area contributed by atoms with E-state index in [2.05, 4.69) is 34.0 Å². The van der Waals surface area contributed by atoms with Gasteiger partial charge in [-0.25, -0.2) is 4.98 Å². The van der Waals surface area contributed by atoms with E-state index in [0.717, 1.165) is 37.0 Å². The summed E-state index contributed by atoms with van der Waals surface area (Å²) < 4.78 is 0. The summed E-state index contributed by atoms with van der Waals surface area (Å²) in [6.07, 6.45) is 1.24. The predicted octanol–water partition coefficient (Wildman–Crippen LogP) is 2.08. The van der Waals surface area contributed by atoms with Gasteiger partial charge in [0, 0.05) is 30.6 Å². The lowest BCUT2D eigenvalue weighted by Gasteiger charge is -2.25. The van der Waals surface area contributed by atoms with Crippen LogP contribution in [0.1, 0.15) is 38.9 Å². The molecule has 2 N–H and O–H groups in total. The summed E-state index contributed by atoms with van der Waals surface area (Å²) >= 11 is 1.72. The van der Waals surface area contributed by atoms with E-state index in [1.807, 2.05) is 6.92 Å². The highest BCUT2D eigenvalue weighted by Crippen LogP contribution is 2.27. The predicted molar refractivity (Wildman–Crippen MR) is 78.3 cm³/mol. The zero-order valence-corrected chi connectivity index (χ0v) is 12.4. The first-order valence-corrected chi connectivity index (χ1v) is 7.73. The molecule has 0 saturated carbocycles. The molecule has 1 saturated heterocycles. The van der Waals surface area contributed by atoms with E-state index in [4.69, 9.17) is 5.73 Å². The van der Waals surface area contributed by atoms with Crippen LogP contribution >= 0.6 is 11.3 Å². The lowest BCUT2D eigenvalue weighted by atomic mass is 10.2. The Morgan fingerprint density at radius 3 is 2.83 bits per heavy atom. The molecule has 1 aliphatic rings. The van der Waals surface area contributed by atoms with Crippen LogP contribution in [-0.2, 0) is 0 Å². The molecule has 1 aliphatic heterocycles. The van der Waals surface area contributed by atoms with Gasteiger partial charge >= 0.3 is 0 Å². The summed E-state index contributed by atoms with van der Waals surface area (Å²) in [7, 11) is 0. The maximum Gasteiger partial charge on any atom is 0.185 e. The lowest BCUT2D eigenvalue weighted by molar-refractivity contribution is 0.232. The molecule has 1 aromatic rings. The van der Waals surface area contributed by atoms with Crippen molar-refractivity contribution in [3.8, 4) is 0 Å². The maximum atomic E-state index is 5.86. The molecule has 0 spiro atoms. The molecule has 2 heterocycles. The summed E-state index contributed by atoms with van der Waals surface area (Å²) in [5, 5.41) is 3.22. The minimum absolute atomic E-state index is 0.0381. The van der Waals surface area contributed by atoms with Crippen molar-refractivity contribution in [3.63, 3.8) is 0 Å². The molecule has 2 atom stereocenters. The molecule has 18 heavy (non-hydrogen) atoms. The van der Waals surface area contributed by atoms with Crippen LogP contribution in [0.4, 0.5) is 5.13 Å². The van der Waals surface area contributed by atoms with Crippen molar-refractivity contribution in [1.82, 2.24) is 9.88 Å². The second-order valence-corrected chi connectivity index (χ2v) is 5.79. The monoisotopic (exact) mass is 268 g/mol. The third-order valence-corrected chi connectivity index (χ3v) is 4.66. The molecule has 5 heteroatoms. The zero-order valence-electron chi connectivity index (χ0n) is 11.6. The van der Waals surface area contributed by atoms with Crippen molar-refractivity contribution in [1.29, 1.82) is 0 Å². The van der Waals surface area contributed by atoms with Crippen molar-refractivity contribution in [2.45, 2.75) is 39.3 Å². The van der Waals surface area contributed by atoms with Gasteiger partial charge in [-0.15, -0.1) is 11.3 Å². The fourth-order valence-electron chi connectivity index (χ4n) is 2.58. The summed E-state index contributed by atoms with van der Waals surface area (Å²) in [5.41, 5.74) is 6.88. The first-order chi connectivity index (χ1) is 8.65. The fourth-order valence-corrected chi connectivity index (χ4v) is 3.55. The Balaban J connectivity index is 1.99. The average Bonchev–Trinajstić information content (AvgIpc) is 2.98. The molecule has 0 amide bonds. The normalized spacial score (nSPS) is 21.8. The third-order valence-electron chi connectivity index (χ3n) is 3.74. The van der Waals surface area contributed by atoms with E-state index < -0.39 is 0 Å². The Labute approximate surface area is 114 Å². The largest absolute Gasteiger partial charge is 0.346 e. The van der Waals surface area contributed by atoms with Gasteiger partial charge in [0.05, 0.1) is 5.69 Å². The molecule has 1 fully saturated rings. The van der Waals surface area contributed by atoms with E-state index in [-0.39, 0.29) is 6.04 Å². The van der Waals surface area contributed by atoms with Crippen LogP contribution in [0.3, 0.4) is 0 Å². The van der Waals surface area contributed by atoms with Crippen molar-refractivity contribution >= 4 is 16.5 Å². The van der Waals surface area contributed by atoms with Crippen molar-refractivity contribution < 1.29 is 0 Å². The van der Waals surface area contributed by atoms with Crippen molar-refractivity contribution in [2.24, 2.45) is 5.73 Å². The highest BCUT2D eigenvalue weighted by Gasteiger charge is 2.27. The molecule has 4 nitrogen and oxygen atoms in total. The van der Waals surface area contributed by atoms with Crippen LogP contribution in [0.15, 0.2) is 5.38 Å². The van der Waals surface area contributed by atoms with E-state index in [1.54, 1.807) is 11.3 Å². The zero-order chi connectivity index (χ0) is 13.1. The van der Waals surface area contributed by atoms with Gasteiger partial charge < -0.3 is 10.6 Å². The highest BCUT2D eigenvalue weighted by molar-refractivity contribution is 7.13. The topological polar surface area (TPSA) is 45.4 Å². The maximum absolute atomic E-state index is 5.86. The van der Waals surface area contributed by atoms with Crippen LogP contribution in [0.25, 0.3) is 0 Å².